The molecule has 1 aromatic carbocycles. The first-order valence-corrected chi connectivity index (χ1v) is 10.7. The van der Waals surface area contributed by atoms with Crippen molar-refractivity contribution in [1.29, 1.82) is 0 Å². The standard InChI is InChI=1S/C22H25ClN2O3S/c1-5-28-21(27)18-11-14-10-15(24-20(26)12-22(2,3)4)6-8-17(14)25(18)13-16-7-9-19(23)29-16/h6-11H,5,12-13H2,1-4H3,(H,24,26). The lowest BCUT2D eigenvalue weighted by Crippen LogP contribution is -2.19. The number of nitrogens with one attached hydrogen (secondary N) is 1. The molecule has 0 saturated carbocycles. The molecule has 0 aliphatic rings. The monoisotopic (exact) mass is 432 g/mol. The van der Waals surface area contributed by atoms with Crippen molar-refractivity contribution in [1.82, 2.24) is 4.57 Å². The van der Waals surface area contributed by atoms with Gasteiger partial charge >= 0.3 is 5.97 Å². The third-order valence-electron chi connectivity index (χ3n) is 4.30. The number of amides is 1. The number of carbonyl (C=O) groups is 2. The van der Waals surface area contributed by atoms with Gasteiger partial charge in [0.15, 0.2) is 0 Å². The number of carbonyl (C=O) groups excluding carboxylic acids is 2. The first-order chi connectivity index (χ1) is 13.7. The molecule has 0 spiro atoms. The van der Waals surface area contributed by atoms with Crippen molar-refractivity contribution >= 4 is 51.4 Å². The predicted molar refractivity (Wildman–Crippen MR) is 119 cm³/mol. The fraction of sp³-hybridized carbons (Fsp3) is 0.364. The molecular weight excluding hydrogens is 408 g/mol. The van der Waals surface area contributed by atoms with Gasteiger partial charge in [-0.1, -0.05) is 32.4 Å². The van der Waals surface area contributed by atoms with Crippen LogP contribution in [0.15, 0.2) is 36.4 Å². The summed E-state index contributed by atoms with van der Waals surface area (Å²) in [6, 6.07) is 11.3. The first-order valence-electron chi connectivity index (χ1n) is 9.51. The molecule has 0 aliphatic carbocycles. The maximum atomic E-state index is 12.5. The van der Waals surface area contributed by atoms with Crippen LogP contribution in [0.2, 0.25) is 4.34 Å². The van der Waals surface area contributed by atoms with Gasteiger partial charge in [0.25, 0.3) is 0 Å². The lowest BCUT2D eigenvalue weighted by molar-refractivity contribution is -0.117. The number of nitrogens with zero attached hydrogens (tertiary/aromatic N) is 1. The zero-order chi connectivity index (χ0) is 21.2. The van der Waals surface area contributed by atoms with Gasteiger partial charge in [-0.2, -0.15) is 0 Å². The molecule has 0 aliphatic heterocycles. The van der Waals surface area contributed by atoms with E-state index in [9.17, 15) is 9.59 Å². The summed E-state index contributed by atoms with van der Waals surface area (Å²) in [5.74, 6) is -0.403. The minimum absolute atomic E-state index is 0.0323. The molecule has 0 radical (unpaired) electrons. The normalized spacial score (nSPS) is 11.6. The number of thiophene rings is 1. The van der Waals surface area contributed by atoms with E-state index in [1.165, 1.54) is 11.3 Å². The van der Waals surface area contributed by atoms with Crippen molar-refractivity contribution in [3.63, 3.8) is 0 Å². The molecule has 7 heteroatoms. The Hall–Kier alpha value is -2.31. The van der Waals surface area contributed by atoms with Crippen LogP contribution in [-0.4, -0.2) is 23.1 Å². The van der Waals surface area contributed by atoms with Crippen molar-refractivity contribution in [2.24, 2.45) is 5.41 Å². The summed E-state index contributed by atoms with van der Waals surface area (Å²) in [5.41, 5.74) is 1.99. The zero-order valence-corrected chi connectivity index (χ0v) is 18.6. The number of halogens is 1. The van der Waals surface area contributed by atoms with Crippen LogP contribution in [0.3, 0.4) is 0 Å². The third-order valence-corrected chi connectivity index (χ3v) is 5.52. The zero-order valence-electron chi connectivity index (χ0n) is 17.0. The number of ether oxygens (including phenoxy) is 1. The van der Waals surface area contributed by atoms with Gasteiger partial charge in [0.05, 0.1) is 17.5 Å². The molecule has 154 valence electrons. The number of hydrogen-bond acceptors (Lipinski definition) is 4. The van der Waals surface area contributed by atoms with Crippen molar-refractivity contribution < 1.29 is 14.3 Å². The van der Waals surface area contributed by atoms with Crippen LogP contribution in [0, 0.1) is 5.41 Å². The molecule has 0 bridgehead atoms. The third kappa shape index (κ3) is 5.40. The molecule has 0 unspecified atom stereocenters. The molecule has 5 nitrogen and oxygen atoms in total. The SMILES string of the molecule is CCOC(=O)c1cc2cc(NC(=O)CC(C)(C)C)ccc2n1Cc1ccc(Cl)s1. The summed E-state index contributed by atoms with van der Waals surface area (Å²) in [6.45, 7) is 8.69. The minimum atomic E-state index is -0.371. The maximum Gasteiger partial charge on any atom is 0.354 e. The molecule has 3 aromatic rings. The van der Waals surface area contributed by atoms with Crippen LogP contribution in [0.4, 0.5) is 5.69 Å². The highest BCUT2D eigenvalue weighted by Gasteiger charge is 2.19. The topological polar surface area (TPSA) is 60.3 Å². The molecule has 1 amide bonds. The Morgan fingerprint density at radius 2 is 1.93 bits per heavy atom. The van der Waals surface area contributed by atoms with Crippen LogP contribution in [0.5, 0.6) is 0 Å². The van der Waals surface area contributed by atoms with Gasteiger partial charge in [0.1, 0.15) is 5.69 Å². The molecule has 0 saturated heterocycles. The number of benzene rings is 1. The molecule has 3 rings (SSSR count). The Labute approximate surface area is 179 Å². The van der Waals surface area contributed by atoms with Gasteiger partial charge < -0.3 is 14.6 Å². The van der Waals surface area contributed by atoms with E-state index < -0.39 is 0 Å². The highest BCUT2D eigenvalue weighted by molar-refractivity contribution is 7.16. The Balaban J connectivity index is 1.95. The van der Waals surface area contributed by atoms with Gasteiger partial charge in [0, 0.05) is 27.9 Å². The number of esters is 1. The highest BCUT2D eigenvalue weighted by atomic mass is 35.5. The van der Waals surface area contributed by atoms with E-state index in [0.717, 1.165) is 15.8 Å². The summed E-state index contributed by atoms with van der Waals surface area (Å²) in [5, 5.41) is 3.81. The van der Waals surface area contributed by atoms with Crippen LogP contribution in [0.1, 0.15) is 49.5 Å². The summed E-state index contributed by atoms with van der Waals surface area (Å²) < 4.78 is 7.87. The fourth-order valence-electron chi connectivity index (χ4n) is 3.17. The maximum absolute atomic E-state index is 12.5. The van der Waals surface area contributed by atoms with E-state index in [-0.39, 0.29) is 17.3 Å². The quantitative estimate of drug-likeness (QED) is 0.489. The van der Waals surface area contributed by atoms with Crippen LogP contribution >= 0.6 is 22.9 Å². The summed E-state index contributed by atoms with van der Waals surface area (Å²) in [4.78, 5) is 25.8. The van der Waals surface area contributed by atoms with Crippen LogP contribution in [0.25, 0.3) is 10.9 Å². The molecule has 0 fully saturated rings. The molecular formula is C22H25ClN2O3S. The molecule has 2 heterocycles. The minimum Gasteiger partial charge on any atom is -0.461 e. The van der Waals surface area contributed by atoms with Crippen molar-refractivity contribution in [3.05, 3.63) is 51.3 Å². The number of rotatable bonds is 6. The number of anilines is 1. The number of hydrogen-bond donors (Lipinski definition) is 1. The Kier molecular flexibility index (Phi) is 6.34. The van der Waals surface area contributed by atoms with E-state index in [0.29, 0.717) is 35.3 Å². The molecule has 29 heavy (non-hydrogen) atoms. The second-order valence-corrected chi connectivity index (χ2v) is 9.90. The largest absolute Gasteiger partial charge is 0.461 e. The second kappa shape index (κ2) is 8.59. The Morgan fingerprint density at radius 1 is 1.17 bits per heavy atom. The van der Waals surface area contributed by atoms with Crippen molar-refractivity contribution in [3.8, 4) is 0 Å². The van der Waals surface area contributed by atoms with E-state index in [4.69, 9.17) is 16.3 Å². The van der Waals surface area contributed by atoms with Crippen LogP contribution < -0.4 is 5.32 Å². The Bertz CT molecular complexity index is 1050. The van der Waals surface area contributed by atoms with Crippen molar-refractivity contribution in [2.45, 2.75) is 40.7 Å². The van der Waals surface area contributed by atoms with Crippen LogP contribution in [-0.2, 0) is 16.1 Å². The molecule has 2 aromatic heterocycles. The smallest absolute Gasteiger partial charge is 0.354 e. The second-order valence-electron chi connectivity index (χ2n) is 8.10. The predicted octanol–water partition coefficient (Wildman–Crippen LogP) is 5.96. The molecule has 1 N–H and O–H groups in total. The summed E-state index contributed by atoms with van der Waals surface area (Å²) >= 11 is 7.54. The lowest BCUT2D eigenvalue weighted by atomic mass is 9.92. The van der Waals surface area contributed by atoms with E-state index in [1.54, 1.807) is 6.92 Å². The first kappa shape index (κ1) is 21.4. The van der Waals surface area contributed by atoms with E-state index >= 15 is 0 Å². The van der Waals surface area contributed by atoms with Gasteiger partial charge in [-0.25, -0.2) is 4.79 Å². The highest BCUT2D eigenvalue weighted by Crippen LogP contribution is 2.29. The summed E-state index contributed by atoms with van der Waals surface area (Å²) in [7, 11) is 0. The van der Waals surface area contributed by atoms with Crippen molar-refractivity contribution in [2.75, 3.05) is 11.9 Å². The fourth-order valence-corrected chi connectivity index (χ4v) is 4.25. The van der Waals surface area contributed by atoms with Gasteiger partial charge in [-0.3, -0.25) is 4.79 Å². The lowest BCUT2D eigenvalue weighted by Gasteiger charge is -2.17. The van der Waals surface area contributed by atoms with Gasteiger partial charge in [-0.15, -0.1) is 11.3 Å². The Morgan fingerprint density at radius 3 is 2.55 bits per heavy atom. The van der Waals surface area contributed by atoms with E-state index in [2.05, 4.69) is 5.32 Å². The van der Waals surface area contributed by atoms with E-state index in [1.807, 2.05) is 61.7 Å². The molecule has 0 atom stereocenters. The average molecular weight is 433 g/mol. The number of aromatic nitrogens is 1. The average Bonchev–Trinajstić information content (AvgIpc) is 3.17. The van der Waals surface area contributed by atoms with Gasteiger partial charge in [0.2, 0.25) is 5.91 Å². The number of fused-ring (bicyclic) bond motifs is 1. The summed E-state index contributed by atoms with van der Waals surface area (Å²) in [6.07, 6.45) is 0.430. The van der Waals surface area contributed by atoms with Gasteiger partial charge in [-0.05, 0) is 48.7 Å².